The molecule has 2 aromatic rings. The van der Waals surface area contributed by atoms with Crippen LogP contribution in [0.1, 0.15) is 36.6 Å². The second-order valence-corrected chi connectivity index (χ2v) is 9.75. The predicted octanol–water partition coefficient (Wildman–Crippen LogP) is 1.39. The zero-order valence-corrected chi connectivity index (χ0v) is 18.0. The first-order valence-corrected chi connectivity index (χ1v) is 11.3. The van der Waals surface area contributed by atoms with Gasteiger partial charge in [0.25, 0.3) is 0 Å². The summed E-state index contributed by atoms with van der Waals surface area (Å²) in [7, 11) is -3.57. The van der Waals surface area contributed by atoms with Crippen molar-refractivity contribution in [1.82, 2.24) is 5.32 Å². The predicted molar refractivity (Wildman–Crippen MR) is 122 cm³/mol. The topological polar surface area (TPSA) is 136 Å². The van der Waals surface area contributed by atoms with E-state index < -0.39 is 27.6 Å². The Morgan fingerprint density at radius 3 is 2.39 bits per heavy atom. The molecular weight excluding hydrogens is 431 g/mol. The Bertz CT molecular complexity index is 1010. The fourth-order valence-corrected chi connectivity index (χ4v) is 3.69. The molecule has 10 heteroatoms. The first-order chi connectivity index (χ1) is 13.8. The summed E-state index contributed by atoms with van der Waals surface area (Å²) < 4.78 is 25.1. The molecule has 1 atom stereocenters. The van der Waals surface area contributed by atoms with E-state index in [4.69, 9.17) is 5.11 Å². The molecule has 0 saturated carbocycles. The number of sulfonamides is 1. The first-order valence-electron chi connectivity index (χ1n) is 9.38. The summed E-state index contributed by atoms with van der Waals surface area (Å²) in [4.78, 5) is 10.9. The van der Waals surface area contributed by atoms with Crippen LogP contribution in [0.2, 0.25) is 0 Å². The van der Waals surface area contributed by atoms with Crippen molar-refractivity contribution < 1.29 is 28.5 Å². The second kappa shape index (κ2) is 11.3. The van der Waals surface area contributed by atoms with E-state index >= 15 is 0 Å². The maximum atomic E-state index is 11.4. The molecule has 5 N–H and O–H groups in total. The summed E-state index contributed by atoms with van der Waals surface area (Å²) in [6, 6.07) is 11.6. The van der Waals surface area contributed by atoms with Gasteiger partial charge in [-0.2, -0.15) is 0 Å². The molecule has 0 aliphatic heterocycles. The van der Waals surface area contributed by atoms with E-state index in [9.17, 15) is 23.4 Å². The average Bonchev–Trinajstić information content (AvgIpc) is 2.60. The third-order valence-corrected chi connectivity index (χ3v) is 5.06. The van der Waals surface area contributed by atoms with Crippen LogP contribution in [0, 0.1) is 0 Å². The Labute approximate surface area is 205 Å². The molecule has 0 aliphatic carbocycles. The monoisotopic (exact) mass is 460 g/mol. The molecule has 0 aliphatic rings. The molecule has 0 heterocycles. The molecule has 0 bridgehead atoms. The zero-order valence-electron chi connectivity index (χ0n) is 17.2. The number of aromatic hydroxyl groups is 1. The van der Waals surface area contributed by atoms with Gasteiger partial charge < -0.3 is 20.6 Å². The van der Waals surface area contributed by atoms with Gasteiger partial charge in [-0.25, -0.2) is 8.42 Å². The van der Waals surface area contributed by atoms with Crippen LogP contribution in [0.15, 0.2) is 42.5 Å². The molecule has 2 aromatic carbocycles. The van der Waals surface area contributed by atoms with E-state index in [1.54, 1.807) is 6.07 Å². The van der Waals surface area contributed by atoms with E-state index in [0.717, 1.165) is 17.4 Å². The van der Waals surface area contributed by atoms with Gasteiger partial charge in [-0.1, -0.05) is 30.3 Å². The normalized spacial score (nSPS) is 12.6. The number of β-amino-alcohol motifs (C(OH)–C–C–N with tert-alkyl or cyclic N) is 1. The Hall–Kier alpha value is -1.62. The van der Waals surface area contributed by atoms with E-state index in [-0.39, 0.29) is 54.0 Å². The Kier molecular flexibility index (Phi) is 10.00. The van der Waals surface area contributed by atoms with Gasteiger partial charge in [-0.3, -0.25) is 9.52 Å². The van der Waals surface area contributed by atoms with E-state index in [1.165, 1.54) is 18.2 Å². The van der Waals surface area contributed by atoms with Crippen molar-refractivity contribution in [2.45, 2.75) is 38.3 Å². The fraction of sp³-hybridized carbons (Fsp3) is 0.381. The number of hydrogen-bond acceptors (Lipinski definition) is 6. The number of carbonyl (C=O) groups is 1. The summed E-state index contributed by atoms with van der Waals surface area (Å²) in [5, 5.41) is 32.6. The van der Waals surface area contributed by atoms with Crippen molar-refractivity contribution in [1.29, 1.82) is 0 Å². The summed E-state index contributed by atoms with van der Waals surface area (Å²) in [6.45, 7) is 4.14. The molecule has 0 radical (unpaired) electrons. The van der Waals surface area contributed by atoms with Crippen molar-refractivity contribution >= 4 is 51.2 Å². The molecule has 8 nitrogen and oxygen atoms in total. The molecule has 2 rings (SSSR count). The van der Waals surface area contributed by atoms with Gasteiger partial charge in [0.2, 0.25) is 10.0 Å². The molecule has 0 spiro atoms. The SMILES string of the molecule is CC(C)(Cc1cccc(CC(=O)O)c1)NC[C@H](O)c1ccc(O)c(NS(C)(=O)=O)c1.[NaH]. The van der Waals surface area contributed by atoms with Crippen LogP contribution in [0.5, 0.6) is 5.75 Å². The molecule has 0 unspecified atom stereocenters. The van der Waals surface area contributed by atoms with E-state index in [1.807, 2.05) is 32.0 Å². The molecule has 0 amide bonds. The quantitative estimate of drug-likeness (QED) is 0.267. The van der Waals surface area contributed by atoms with Crippen LogP contribution < -0.4 is 10.0 Å². The molecule has 166 valence electrons. The van der Waals surface area contributed by atoms with Gasteiger partial charge in [0.1, 0.15) is 5.75 Å². The number of phenols is 1. The Morgan fingerprint density at radius 2 is 1.77 bits per heavy atom. The number of aliphatic carboxylic acids is 1. The first kappa shape index (κ1) is 27.4. The van der Waals surface area contributed by atoms with Crippen molar-refractivity contribution in [3.05, 3.63) is 59.2 Å². The average molecular weight is 461 g/mol. The van der Waals surface area contributed by atoms with Crippen LogP contribution >= 0.6 is 0 Å². The molecule has 0 saturated heterocycles. The number of benzene rings is 2. The van der Waals surface area contributed by atoms with Gasteiger partial charge >= 0.3 is 35.5 Å². The van der Waals surface area contributed by atoms with Crippen LogP contribution in [0.3, 0.4) is 0 Å². The minimum atomic E-state index is -3.57. The van der Waals surface area contributed by atoms with Crippen LogP contribution in [0.4, 0.5) is 5.69 Å². The zero-order chi connectivity index (χ0) is 22.5. The third kappa shape index (κ3) is 9.59. The summed E-state index contributed by atoms with van der Waals surface area (Å²) >= 11 is 0. The molecule has 31 heavy (non-hydrogen) atoms. The van der Waals surface area contributed by atoms with Crippen molar-refractivity contribution in [2.75, 3.05) is 17.5 Å². The van der Waals surface area contributed by atoms with E-state index in [0.29, 0.717) is 12.0 Å². The standard InChI is InChI=1S/C21H28N2O6S.Na.H/c1-21(2,12-15-6-4-5-14(9-15)10-20(26)27)22-13-19(25)16-7-8-18(24)17(11-16)23-30(3,28)29;;/h4-9,11,19,22-25H,10,12-13H2,1-3H3,(H,26,27);;/t19-;;/m0../s1. The van der Waals surface area contributed by atoms with Crippen molar-refractivity contribution in [3.8, 4) is 5.75 Å². The molecule has 0 fully saturated rings. The number of phenolic OH excluding ortho intramolecular Hbond substituents is 1. The second-order valence-electron chi connectivity index (χ2n) is 8.00. The van der Waals surface area contributed by atoms with Crippen molar-refractivity contribution in [2.24, 2.45) is 0 Å². The van der Waals surface area contributed by atoms with Crippen LogP contribution in [-0.4, -0.2) is 77.6 Å². The third-order valence-electron chi connectivity index (χ3n) is 4.47. The van der Waals surface area contributed by atoms with Gasteiger partial charge in [0.05, 0.1) is 24.5 Å². The number of rotatable bonds is 10. The van der Waals surface area contributed by atoms with E-state index in [2.05, 4.69) is 10.0 Å². The molecular formula is C21H29N2NaO6S. The summed E-state index contributed by atoms with van der Waals surface area (Å²) in [5.41, 5.74) is 1.76. The number of carboxylic acid groups (broad SMARTS) is 1. The number of aliphatic hydroxyl groups is 1. The van der Waals surface area contributed by atoms with Crippen LogP contribution in [-0.2, 0) is 27.7 Å². The Balaban J connectivity index is 0.00000480. The number of nitrogens with one attached hydrogen (secondary N) is 2. The number of anilines is 1. The maximum absolute atomic E-state index is 11.4. The minimum absolute atomic E-state index is 0. The summed E-state index contributed by atoms with van der Waals surface area (Å²) in [6.07, 6.45) is 0.628. The van der Waals surface area contributed by atoms with Gasteiger partial charge in [0.15, 0.2) is 0 Å². The number of hydrogen-bond donors (Lipinski definition) is 5. The number of carboxylic acids is 1. The van der Waals surface area contributed by atoms with Crippen molar-refractivity contribution in [3.63, 3.8) is 0 Å². The Morgan fingerprint density at radius 1 is 1.13 bits per heavy atom. The number of aliphatic hydroxyl groups excluding tert-OH is 1. The van der Waals surface area contributed by atoms with Crippen LogP contribution in [0.25, 0.3) is 0 Å². The fourth-order valence-electron chi connectivity index (χ4n) is 3.13. The van der Waals surface area contributed by atoms with Gasteiger partial charge in [-0.15, -0.1) is 0 Å². The van der Waals surface area contributed by atoms with Gasteiger partial charge in [0, 0.05) is 12.1 Å². The molecule has 0 aromatic heterocycles. The van der Waals surface area contributed by atoms with Gasteiger partial charge in [-0.05, 0) is 49.1 Å². The summed E-state index contributed by atoms with van der Waals surface area (Å²) in [5.74, 6) is -1.11.